The average Bonchev–Trinajstić information content (AvgIpc) is 3.12. The Labute approximate surface area is 182 Å². The second kappa shape index (κ2) is 10.1. The van der Waals surface area contributed by atoms with Gasteiger partial charge in [-0.05, 0) is 42.3 Å². The zero-order valence-electron chi connectivity index (χ0n) is 18.0. The van der Waals surface area contributed by atoms with Gasteiger partial charge in [-0.25, -0.2) is 4.39 Å². The molecule has 2 aromatic carbocycles. The van der Waals surface area contributed by atoms with Gasteiger partial charge >= 0.3 is 0 Å². The maximum absolute atomic E-state index is 14.0. The molecule has 0 aliphatic carbocycles. The first-order valence-corrected chi connectivity index (χ1v) is 11.0. The molecule has 1 atom stereocenters. The Kier molecular flexibility index (Phi) is 6.99. The number of hydrogen-bond acceptors (Lipinski definition) is 3. The van der Waals surface area contributed by atoms with E-state index in [4.69, 9.17) is 4.74 Å². The summed E-state index contributed by atoms with van der Waals surface area (Å²) in [5.41, 5.74) is 2.97. The lowest BCUT2D eigenvalue weighted by molar-refractivity contribution is -0.121. The van der Waals surface area contributed by atoms with Gasteiger partial charge in [0.2, 0.25) is 5.91 Å². The zero-order chi connectivity index (χ0) is 21.6. The minimum absolute atomic E-state index is 0.0100. The summed E-state index contributed by atoms with van der Waals surface area (Å²) in [6, 6.07) is 14.7. The number of hydrogen-bond donors (Lipinski definition) is 1. The molecular formula is C25H30FN3O2. The fourth-order valence-corrected chi connectivity index (χ4v) is 4.39. The largest absolute Gasteiger partial charge is 0.379 e. The topological polar surface area (TPSA) is 46.5 Å². The molecule has 0 spiro atoms. The molecule has 3 aromatic rings. The Morgan fingerprint density at radius 3 is 2.77 bits per heavy atom. The first-order valence-electron chi connectivity index (χ1n) is 11.0. The lowest BCUT2D eigenvalue weighted by atomic mass is 9.88. The van der Waals surface area contributed by atoms with E-state index in [1.54, 1.807) is 6.07 Å². The molecule has 0 saturated carbocycles. The van der Waals surface area contributed by atoms with Crippen LogP contribution < -0.4 is 5.32 Å². The van der Waals surface area contributed by atoms with Crippen LogP contribution in [0.3, 0.4) is 0 Å². The Hall–Kier alpha value is -2.70. The average molecular weight is 424 g/mol. The number of nitrogens with one attached hydrogen (secondary N) is 1. The van der Waals surface area contributed by atoms with Crippen LogP contribution in [0.25, 0.3) is 10.9 Å². The number of aryl methyl sites for hydroxylation is 1. The van der Waals surface area contributed by atoms with E-state index >= 15 is 0 Å². The minimum Gasteiger partial charge on any atom is -0.379 e. The predicted octanol–water partition coefficient (Wildman–Crippen LogP) is 3.68. The number of nitrogens with zero attached hydrogens (tertiary/aromatic N) is 2. The van der Waals surface area contributed by atoms with Crippen molar-refractivity contribution in [1.82, 2.24) is 14.8 Å². The van der Waals surface area contributed by atoms with E-state index in [0.29, 0.717) is 6.54 Å². The van der Waals surface area contributed by atoms with Gasteiger partial charge in [-0.3, -0.25) is 9.69 Å². The lowest BCUT2D eigenvalue weighted by Crippen LogP contribution is -2.38. The zero-order valence-corrected chi connectivity index (χ0v) is 18.0. The Bertz CT molecular complexity index is 1030. The van der Waals surface area contributed by atoms with Crippen molar-refractivity contribution in [2.24, 2.45) is 7.05 Å². The third kappa shape index (κ3) is 5.32. The summed E-state index contributed by atoms with van der Waals surface area (Å²) in [5.74, 6) is -0.501. The molecular weight excluding hydrogens is 393 g/mol. The Morgan fingerprint density at radius 2 is 1.97 bits per heavy atom. The van der Waals surface area contributed by atoms with E-state index in [9.17, 15) is 9.18 Å². The third-order valence-electron chi connectivity index (χ3n) is 6.02. The monoisotopic (exact) mass is 423 g/mol. The van der Waals surface area contributed by atoms with Gasteiger partial charge in [0.15, 0.2) is 0 Å². The fourth-order valence-electron chi connectivity index (χ4n) is 4.39. The summed E-state index contributed by atoms with van der Waals surface area (Å²) < 4.78 is 21.4. The molecule has 1 aromatic heterocycles. The molecule has 1 N–H and O–H groups in total. The number of para-hydroxylation sites is 1. The molecule has 0 radical (unpaired) electrons. The van der Waals surface area contributed by atoms with Gasteiger partial charge in [-0.15, -0.1) is 0 Å². The van der Waals surface area contributed by atoms with Crippen molar-refractivity contribution in [3.63, 3.8) is 0 Å². The van der Waals surface area contributed by atoms with Gasteiger partial charge in [0.25, 0.3) is 0 Å². The number of rotatable bonds is 8. The van der Waals surface area contributed by atoms with Crippen LogP contribution >= 0.6 is 0 Å². The van der Waals surface area contributed by atoms with E-state index in [1.807, 2.05) is 25.2 Å². The number of halogens is 1. The number of carbonyl (C=O) groups is 1. The van der Waals surface area contributed by atoms with Crippen LogP contribution in [0, 0.1) is 5.82 Å². The number of carbonyl (C=O) groups excluding carboxylic acids is 1. The number of benzene rings is 2. The molecule has 4 rings (SSSR count). The Balaban J connectivity index is 1.46. The standard InChI is InChI=1S/C25H30FN3O2/c1-28-18-23(21-8-2-3-9-24(21)28)22(19-6-4-7-20(26)16-19)17-25(30)27-10-5-11-29-12-14-31-15-13-29/h2-4,6-9,16,18,22H,5,10-15,17H2,1H3,(H,27,30). The highest BCUT2D eigenvalue weighted by Crippen LogP contribution is 2.34. The van der Waals surface area contributed by atoms with Crippen molar-refractivity contribution in [1.29, 1.82) is 0 Å². The molecule has 31 heavy (non-hydrogen) atoms. The molecule has 1 saturated heterocycles. The summed E-state index contributed by atoms with van der Waals surface area (Å²) >= 11 is 0. The van der Waals surface area contributed by atoms with E-state index in [2.05, 4.69) is 33.1 Å². The van der Waals surface area contributed by atoms with Gasteiger partial charge in [0, 0.05) is 56.1 Å². The van der Waals surface area contributed by atoms with Crippen LogP contribution in [0.5, 0.6) is 0 Å². The number of aromatic nitrogens is 1. The summed E-state index contributed by atoms with van der Waals surface area (Å²) in [5, 5.41) is 4.16. The second-order valence-electron chi connectivity index (χ2n) is 8.18. The summed E-state index contributed by atoms with van der Waals surface area (Å²) in [6.07, 6.45) is 3.26. The van der Waals surface area contributed by atoms with Crippen molar-refractivity contribution in [2.45, 2.75) is 18.8 Å². The van der Waals surface area contributed by atoms with Crippen LogP contribution in [-0.2, 0) is 16.6 Å². The number of ether oxygens (including phenoxy) is 1. The van der Waals surface area contributed by atoms with Crippen LogP contribution in [0.1, 0.15) is 29.9 Å². The fraction of sp³-hybridized carbons (Fsp3) is 0.400. The molecule has 1 aliphatic rings. The predicted molar refractivity (Wildman–Crippen MR) is 121 cm³/mol. The molecule has 2 heterocycles. The number of amides is 1. The minimum atomic E-state index is -0.284. The SMILES string of the molecule is Cn1cc(C(CC(=O)NCCCN2CCOCC2)c2cccc(F)c2)c2ccccc21. The van der Waals surface area contributed by atoms with Crippen LogP contribution in [0.2, 0.25) is 0 Å². The smallest absolute Gasteiger partial charge is 0.220 e. The summed E-state index contributed by atoms with van der Waals surface area (Å²) in [7, 11) is 2.00. The van der Waals surface area contributed by atoms with E-state index in [1.165, 1.54) is 12.1 Å². The third-order valence-corrected chi connectivity index (χ3v) is 6.02. The second-order valence-corrected chi connectivity index (χ2v) is 8.18. The van der Waals surface area contributed by atoms with Gasteiger partial charge in [-0.1, -0.05) is 30.3 Å². The molecule has 1 aliphatic heterocycles. The molecule has 1 amide bonds. The first kappa shape index (κ1) is 21.5. The molecule has 1 unspecified atom stereocenters. The Morgan fingerprint density at radius 1 is 1.16 bits per heavy atom. The molecule has 5 nitrogen and oxygen atoms in total. The van der Waals surface area contributed by atoms with E-state index in [-0.39, 0.29) is 24.1 Å². The van der Waals surface area contributed by atoms with Crippen LogP contribution in [0.4, 0.5) is 4.39 Å². The van der Waals surface area contributed by atoms with Crippen LogP contribution in [-0.4, -0.2) is 54.8 Å². The molecule has 6 heteroatoms. The number of morpholine rings is 1. The number of fused-ring (bicyclic) bond motifs is 1. The summed E-state index contributed by atoms with van der Waals surface area (Å²) in [6.45, 7) is 5.08. The maximum Gasteiger partial charge on any atom is 0.220 e. The lowest BCUT2D eigenvalue weighted by Gasteiger charge is -2.26. The molecule has 0 bridgehead atoms. The van der Waals surface area contributed by atoms with Crippen molar-refractivity contribution in [3.8, 4) is 0 Å². The molecule has 1 fully saturated rings. The van der Waals surface area contributed by atoms with Crippen molar-refractivity contribution < 1.29 is 13.9 Å². The normalized spacial score (nSPS) is 15.8. The molecule has 164 valence electrons. The van der Waals surface area contributed by atoms with Gasteiger partial charge in [0.05, 0.1) is 13.2 Å². The highest BCUT2D eigenvalue weighted by atomic mass is 19.1. The van der Waals surface area contributed by atoms with Crippen LogP contribution in [0.15, 0.2) is 54.7 Å². The van der Waals surface area contributed by atoms with Gasteiger partial charge < -0.3 is 14.6 Å². The van der Waals surface area contributed by atoms with Crippen molar-refractivity contribution >= 4 is 16.8 Å². The van der Waals surface area contributed by atoms with Gasteiger partial charge in [-0.2, -0.15) is 0 Å². The highest BCUT2D eigenvalue weighted by Gasteiger charge is 2.22. The van der Waals surface area contributed by atoms with E-state index in [0.717, 1.165) is 61.3 Å². The quantitative estimate of drug-likeness (QED) is 0.563. The highest BCUT2D eigenvalue weighted by molar-refractivity contribution is 5.86. The van der Waals surface area contributed by atoms with E-state index < -0.39 is 0 Å². The maximum atomic E-state index is 14.0. The summed E-state index contributed by atoms with van der Waals surface area (Å²) in [4.78, 5) is 15.2. The first-order chi connectivity index (χ1) is 15.1. The van der Waals surface area contributed by atoms with Crippen molar-refractivity contribution in [3.05, 3.63) is 71.7 Å². The van der Waals surface area contributed by atoms with Crippen molar-refractivity contribution in [2.75, 3.05) is 39.4 Å². The van der Waals surface area contributed by atoms with Gasteiger partial charge in [0.1, 0.15) is 5.82 Å².